The van der Waals surface area contributed by atoms with Crippen molar-refractivity contribution in [3.05, 3.63) is 18.2 Å². The minimum absolute atomic E-state index is 0.450. The van der Waals surface area contributed by atoms with Crippen LogP contribution in [0.3, 0.4) is 0 Å². The van der Waals surface area contributed by atoms with Gasteiger partial charge in [-0.15, -0.1) is 0 Å². The van der Waals surface area contributed by atoms with E-state index in [0.29, 0.717) is 12.6 Å². The standard InChI is InChI=1S/C7H10N2O/c1-6-3-10-4-7-2-8-5-9(6)7/h2,5-6H,3-4H2,1H3. The molecule has 1 aliphatic rings. The van der Waals surface area contributed by atoms with E-state index in [-0.39, 0.29) is 0 Å². The van der Waals surface area contributed by atoms with E-state index in [1.807, 2.05) is 12.5 Å². The molecule has 0 amide bonds. The summed E-state index contributed by atoms with van der Waals surface area (Å²) in [5, 5.41) is 0. The third-order valence-electron chi connectivity index (χ3n) is 1.83. The summed E-state index contributed by atoms with van der Waals surface area (Å²) >= 11 is 0. The molecule has 1 aromatic rings. The Morgan fingerprint density at radius 1 is 1.80 bits per heavy atom. The van der Waals surface area contributed by atoms with Gasteiger partial charge in [-0.1, -0.05) is 0 Å². The maximum atomic E-state index is 5.31. The SMILES string of the molecule is CC1COCc2cncn21. The molecule has 0 saturated carbocycles. The summed E-state index contributed by atoms with van der Waals surface area (Å²) in [7, 11) is 0. The van der Waals surface area contributed by atoms with Gasteiger partial charge in [-0.05, 0) is 6.92 Å². The van der Waals surface area contributed by atoms with Crippen molar-refractivity contribution >= 4 is 0 Å². The van der Waals surface area contributed by atoms with E-state index in [9.17, 15) is 0 Å². The topological polar surface area (TPSA) is 27.1 Å². The Morgan fingerprint density at radius 3 is 3.50 bits per heavy atom. The molecule has 1 aromatic heterocycles. The van der Waals surface area contributed by atoms with Gasteiger partial charge in [0.1, 0.15) is 0 Å². The third kappa shape index (κ3) is 0.743. The van der Waals surface area contributed by atoms with Gasteiger partial charge >= 0.3 is 0 Å². The van der Waals surface area contributed by atoms with Crippen molar-refractivity contribution in [2.45, 2.75) is 19.6 Å². The zero-order chi connectivity index (χ0) is 6.97. The molecule has 0 radical (unpaired) electrons. The number of rotatable bonds is 0. The molecule has 54 valence electrons. The van der Waals surface area contributed by atoms with Crippen LogP contribution in [0, 0.1) is 0 Å². The Kier molecular flexibility index (Phi) is 1.24. The van der Waals surface area contributed by atoms with Crippen molar-refractivity contribution in [1.29, 1.82) is 0 Å². The van der Waals surface area contributed by atoms with Crippen LogP contribution in [-0.2, 0) is 11.3 Å². The molecule has 0 fully saturated rings. The molecular weight excluding hydrogens is 128 g/mol. The maximum absolute atomic E-state index is 5.31. The highest BCUT2D eigenvalue weighted by Gasteiger charge is 2.14. The normalized spacial score (nSPS) is 24.3. The van der Waals surface area contributed by atoms with Crippen LogP contribution in [0.25, 0.3) is 0 Å². The summed E-state index contributed by atoms with van der Waals surface area (Å²) < 4.78 is 7.46. The summed E-state index contributed by atoms with van der Waals surface area (Å²) in [6.07, 6.45) is 3.72. The number of ether oxygens (including phenoxy) is 1. The molecule has 0 saturated heterocycles. The summed E-state index contributed by atoms with van der Waals surface area (Å²) in [5.41, 5.74) is 1.18. The molecule has 1 atom stereocenters. The van der Waals surface area contributed by atoms with E-state index in [0.717, 1.165) is 6.61 Å². The van der Waals surface area contributed by atoms with Crippen LogP contribution in [0.2, 0.25) is 0 Å². The summed E-state index contributed by atoms with van der Waals surface area (Å²) in [5.74, 6) is 0. The first-order valence-electron chi connectivity index (χ1n) is 3.46. The molecule has 0 bridgehead atoms. The van der Waals surface area contributed by atoms with Crippen molar-refractivity contribution < 1.29 is 4.74 Å². The Bertz CT molecular complexity index is 231. The van der Waals surface area contributed by atoms with Gasteiger partial charge in [0, 0.05) is 0 Å². The van der Waals surface area contributed by atoms with Crippen molar-refractivity contribution in [2.24, 2.45) is 0 Å². The van der Waals surface area contributed by atoms with Gasteiger partial charge < -0.3 is 9.30 Å². The lowest BCUT2D eigenvalue weighted by Crippen LogP contribution is -2.19. The van der Waals surface area contributed by atoms with Crippen molar-refractivity contribution in [2.75, 3.05) is 6.61 Å². The molecule has 1 unspecified atom stereocenters. The second kappa shape index (κ2) is 2.09. The fourth-order valence-electron chi connectivity index (χ4n) is 1.26. The Morgan fingerprint density at radius 2 is 2.70 bits per heavy atom. The number of fused-ring (bicyclic) bond motifs is 1. The first-order valence-corrected chi connectivity index (χ1v) is 3.46. The van der Waals surface area contributed by atoms with Crippen LogP contribution >= 0.6 is 0 Å². The summed E-state index contributed by atoms with van der Waals surface area (Å²) in [6, 6.07) is 0.450. The monoisotopic (exact) mass is 138 g/mol. The molecule has 1 aliphatic heterocycles. The van der Waals surface area contributed by atoms with Gasteiger partial charge in [0.05, 0.1) is 37.5 Å². The van der Waals surface area contributed by atoms with Crippen LogP contribution in [0.5, 0.6) is 0 Å². The molecule has 2 heterocycles. The van der Waals surface area contributed by atoms with Gasteiger partial charge in [-0.25, -0.2) is 4.98 Å². The number of imidazole rings is 1. The van der Waals surface area contributed by atoms with E-state index in [1.54, 1.807) is 0 Å². The number of hydrogen-bond donors (Lipinski definition) is 0. The smallest absolute Gasteiger partial charge is 0.0952 e. The summed E-state index contributed by atoms with van der Waals surface area (Å²) in [6.45, 7) is 3.65. The van der Waals surface area contributed by atoms with Gasteiger partial charge in [-0.3, -0.25) is 0 Å². The van der Waals surface area contributed by atoms with Crippen molar-refractivity contribution in [3.63, 3.8) is 0 Å². The minimum atomic E-state index is 0.450. The molecule has 0 N–H and O–H groups in total. The van der Waals surface area contributed by atoms with Crippen molar-refractivity contribution in [1.82, 2.24) is 9.55 Å². The van der Waals surface area contributed by atoms with Gasteiger partial charge in [0.2, 0.25) is 0 Å². The van der Waals surface area contributed by atoms with Gasteiger partial charge in [0.25, 0.3) is 0 Å². The fraction of sp³-hybridized carbons (Fsp3) is 0.571. The second-order valence-electron chi connectivity index (χ2n) is 2.66. The molecule has 3 nitrogen and oxygen atoms in total. The molecule has 0 aliphatic carbocycles. The van der Waals surface area contributed by atoms with Crippen LogP contribution in [-0.4, -0.2) is 16.2 Å². The molecule has 2 rings (SSSR count). The predicted octanol–water partition coefficient (Wildman–Crippen LogP) is 0.974. The Labute approximate surface area is 59.6 Å². The fourth-order valence-corrected chi connectivity index (χ4v) is 1.26. The average Bonchev–Trinajstić information content (AvgIpc) is 2.36. The lowest BCUT2D eigenvalue weighted by molar-refractivity contribution is 0.0636. The highest BCUT2D eigenvalue weighted by Crippen LogP contribution is 2.16. The zero-order valence-electron chi connectivity index (χ0n) is 5.95. The highest BCUT2D eigenvalue weighted by atomic mass is 16.5. The first-order chi connectivity index (χ1) is 4.88. The molecular formula is C7H10N2O. The zero-order valence-corrected chi connectivity index (χ0v) is 5.95. The highest BCUT2D eigenvalue weighted by molar-refractivity contribution is 5.00. The Hall–Kier alpha value is -0.830. The lowest BCUT2D eigenvalue weighted by atomic mass is 10.3. The number of aromatic nitrogens is 2. The Balaban J connectivity index is 2.41. The van der Waals surface area contributed by atoms with E-state index < -0.39 is 0 Å². The van der Waals surface area contributed by atoms with Gasteiger partial charge in [-0.2, -0.15) is 0 Å². The molecule has 3 heteroatoms. The van der Waals surface area contributed by atoms with E-state index >= 15 is 0 Å². The number of nitrogens with zero attached hydrogens (tertiary/aromatic N) is 2. The van der Waals surface area contributed by atoms with E-state index in [1.165, 1.54) is 5.69 Å². The van der Waals surface area contributed by atoms with Crippen LogP contribution < -0.4 is 0 Å². The molecule has 0 spiro atoms. The van der Waals surface area contributed by atoms with Crippen LogP contribution in [0.15, 0.2) is 12.5 Å². The van der Waals surface area contributed by atoms with Crippen LogP contribution in [0.4, 0.5) is 0 Å². The average molecular weight is 138 g/mol. The predicted molar refractivity (Wildman–Crippen MR) is 36.6 cm³/mol. The van der Waals surface area contributed by atoms with E-state index in [4.69, 9.17) is 4.74 Å². The number of hydrogen-bond acceptors (Lipinski definition) is 2. The molecule has 10 heavy (non-hydrogen) atoms. The third-order valence-corrected chi connectivity index (χ3v) is 1.83. The van der Waals surface area contributed by atoms with E-state index in [2.05, 4.69) is 16.5 Å². The van der Waals surface area contributed by atoms with Crippen LogP contribution in [0.1, 0.15) is 18.7 Å². The molecule has 0 aromatic carbocycles. The van der Waals surface area contributed by atoms with Gasteiger partial charge in [0.15, 0.2) is 0 Å². The largest absolute Gasteiger partial charge is 0.373 e. The minimum Gasteiger partial charge on any atom is -0.373 e. The summed E-state index contributed by atoms with van der Waals surface area (Å²) in [4.78, 5) is 4.04. The lowest BCUT2D eigenvalue weighted by Gasteiger charge is -2.21. The first kappa shape index (κ1) is 5.92. The second-order valence-corrected chi connectivity index (χ2v) is 2.66. The quantitative estimate of drug-likeness (QED) is 0.534. The maximum Gasteiger partial charge on any atom is 0.0952 e. The van der Waals surface area contributed by atoms with Crippen molar-refractivity contribution in [3.8, 4) is 0 Å².